The first kappa shape index (κ1) is 16.8. The van der Waals surface area contributed by atoms with Crippen molar-refractivity contribution in [2.45, 2.75) is 38.1 Å². The summed E-state index contributed by atoms with van der Waals surface area (Å²) in [5, 5.41) is 0. The largest absolute Gasteiger partial charge is 0.465 e. The zero-order valence-corrected chi connectivity index (χ0v) is 14.1. The van der Waals surface area contributed by atoms with Crippen molar-refractivity contribution in [2.24, 2.45) is 5.92 Å². The molecule has 0 unspecified atom stereocenters. The zero-order valence-electron chi connectivity index (χ0n) is 14.1. The molecular weight excluding hydrogens is 274 g/mol. The van der Waals surface area contributed by atoms with E-state index in [1.807, 2.05) is 39.2 Å². The van der Waals surface area contributed by atoms with Crippen LogP contribution in [0.4, 0.5) is 0 Å². The zero-order chi connectivity index (χ0) is 16.2. The second kappa shape index (κ2) is 7.10. The third kappa shape index (κ3) is 2.95. The number of esters is 1. The smallest absolute Gasteiger partial charge is 0.318 e. The van der Waals surface area contributed by atoms with E-state index in [4.69, 9.17) is 4.74 Å². The van der Waals surface area contributed by atoms with Crippen LogP contribution in [0.25, 0.3) is 0 Å². The maximum Gasteiger partial charge on any atom is 0.318 e. The van der Waals surface area contributed by atoms with Gasteiger partial charge in [0.1, 0.15) is 5.41 Å². The second-order valence-corrected chi connectivity index (χ2v) is 6.22. The third-order valence-electron chi connectivity index (χ3n) is 4.66. The summed E-state index contributed by atoms with van der Waals surface area (Å²) < 4.78 is 5.51. The lowest BCUT2D eigenvalue weighted by Crippen LogP contribution is -2.55. The molecule has 0 saturated heterocycles. The number of hydrogen-bond acceptors (Lipinski definition) is 3. The number of nitrogens with zero attached hydrogens (tertiary/aromatic N) is 1. The molecule has 1 aromatic rings. The first-order valence-corrected chi connectivity index (χ1v) is 8.13. The highest BCUT2D eigenvalue weighted by Gasteiger charge is 2.50. The molecule has 0 aromatic heterocycles. The number of carbonyl (C=O) groups excluding carboxylic acids is 1. The fourth-order valence-corrected chi connectivity index (χ4v) is 3.53. The fraction of sp³-hybridized carbons (Fsp3) is 0.526. The van der Waals surface area contributed by atoms with Gasteiger partial charge in [0, 0.05) is 6.04 Å². The minimum absolute atomic E-state index is 0.0109. The predicted octanol–water partition coefficient (Wildman–Crippen LogP) is 3.40. The van der Waals surface area contributed by atoms with Crippen LogP contribution in [0.15, 0.2) is 42.5 Å². The number of rotatable bonds is 5. The first-order valence-electron chi connectivity index (χ1n) is 8.13. The average molecular weight is 301 g/mol. The second-order valence-electron chi connectivity index (χ2n) is 6.22. The van der Waals surface area contributed by atoms with Crippen molar-refractivity contribution in [1.82, 2.24) is 4.90 Å². The molecule has 1 aliphatic rings. The molecule has 1 aromatic carbocycles. The van der Waals surface area contributed by atoms with Gasteiger partial charge in [0.25, 0.3) is 0 Å². The Labute approximate surface area is 134 Å². The van der Waals surface area contributed by atoms with Crippen LogP contribution in [-0.4, -0.2) is 37.6 Å². The van der Waals surface area contributed by atoms with Crippen LogP contribution in [0.2, 0.25) is 0 Å². The summed E-state index contributed by atoms with van der Waals surface area (Å²) in [5.74, 6) is 0.295. The van der Waals surface area contributed by atoms with Crippen LogP contribution < -0.4 is 0 Å². The first-order chi connectivity index (χ1) is 10.6. The van der Waals surface area contributed by atoms with Crippen molar-refractivity contribution in [3.63, 3.8) is 0 Å². The van der Waals surface area contributed by atoms with Gasteiger partial charge in [-0.05, 0) is 45.3 Å². The van der Waals surface area contributed by atoms with Crippen molar-refractivity contribution in [1.29, 1.82) is 0 Å². The fourth-order valence-electron chi connectivity index (χ4n) is 3.53. The highest BCUT2D eigenvalue weighted by molar-refractivity contribution is 5.85. The molecule has 0 fully saturated rings. The van der Waals surface area contributed by atoms with Gasteiger partial charge >= 0.3 is 5.97 Å². The molecule has 0 spiro atoms. The summed E-state index contributed by atoms with van der Waals surface area (Å²) in [6.45, 7) is 4.46. The molecule has 3 atom stereocenters. The van der Waals surface area contributed by atoms with E-state index in [9.17, 15) is 4.79 Å². The van der Waals surface area contributed by atoms with Gasteiger partial charge in [-0.25, -0.2) is 0 Å². The molecule has 22 heavy (non-hydrogen) atoms. The van der Waals surface area contributed by atoms with Crippen molar-refractivity contribution in [3.05, 3.63) is 48.0 Å². The standard InChI is InChI=1S/C19H27NO2/c1-5-15-12-13-17(20(3)4)19(14-15,18(21)22-6-2)16-10-8-7-9-11-16/h7-13,15,17H,5-6,14H2,1-4H3/t15-,17+,19+/m1/s1. The average Bonchev–Trinajstić information content (AvgIpc) is 2.54. The van der Waals surface area contributed by atoms with E-state index in [0.717, 1.165) is 18.4 Å². The molecule has 120 valence electrons. The number of ether oxygens (including phenoxy) is 1. The van der Waals surface area contributed by atoms with Crippen molar-refractivity contribution in [2.75, 3.05) is 20.7 Å². The molecule has 3 heteroatoms. The lowest BCUT2D eigenvalue weighted by atomic mass is 9.64. The highest BCUT2D eigenvalue weighted by Crippen LogP contribution is 2.42. The monoisotopic (exact) mass is 301 g/mol. The Morgan fingerprint density at radius 2 is 1.91 bits per heavy atom. The van der Waals surface area contributed by atoms with Gasteiger partial charge in [0.15, 0.2) is 0 Å². The lowest BCUT2D eigenvalue weighted by molar-refractivity contribution is -0.153. The van der Waals surface area contributed by atoms with E-state index in [2.05, 4.69) is 36.1 Å². The molecule has 0 aliphatic heterocycles. The van der Waals surface area contributed by atoms with Gasteiger partial charge < -0.3 is 9.64 Å². The summed E-state index contributed by atoms with van der Waals surface area (Å²) in [6, 6.07) is 10.1. The number of carbonyl (C=O) groups is 1. The molecule has 3 nitrogen and oxygen atoms in total. The van der Waals surface area contributed by atoms with Crippen LogP contribution in [0.5, 0.6) is 0 Å². The summed E-state index contributed by atoms with van der Waals surface area (Å²) in [4.78, 5) is 15.1. The summed E-state index contributed by atoms with van der Waals surface area (Å²) in [7, 11) is 4.05. The Bertz CT molecular complexity index is 523. The maximum atomic E-state index is 13.0. The quantitative estimate of drug-likeness (QED) is 0.616. The molecule has 0 saturated carbocycles. The van der Waals surface area contributed by atoms with Crippen molar-refractivity contribution in [3.8, 4) is 0 Å². The van der Waals surface area contributed by atoms with Crippen molar-refractivity contribution < 1.29 is 9.53 Å². The Morgan fingerprint density at radius 3 is 2.45 bits per heavy atom. The summed E-state index contributed by atoms with van der Waals surface area (Å²) in [5.41, 5.74) is 0.422. The van der Waals surface area contributed by atoms with E-state index in [-0.39, 0.29) is 12.0 Å². The van der Waals surface area contributed by atoms with Crippen LogP contribution in [0.3, 0.4) is 0 Å². The van der Waals surface area contributed by atoms with Gasteiger partial charge in [-0.3, -0.25) is 4.79 Å². The molecular formula is C19H27NO2. The normalized spacial score (nSPS) is 27.9. The van der Waals surface area contributed by atoms with Crippen LogP contribution in [-0.2, 0) is 14.9 Å². The van der Waals surface area contributed by atoms with E-state index >= 15 is 0 Å². The number of likely N-dealkylation sites (N-methyl/N-ethyl adjacent to an activating group) is 1. The third-order valence-corrected chi connectivity index (χ3v) is 4.66. The van der Waals surface area contributed by atoms with Gasteiger partial charge in [0.05, 0.1) is 6.61 Å². The molecule has 2 rings (SSSR count). The highest BCUT2D eigenvalue weighted by atomic mass is 16.5. The number of hydrogen-bond donors (Lipinski definition) is 0. The Hall–Kier alpha value is -1.61. The maximum absolute atomic E-state index is 13.0. The van der Waals surface area contributed by atoms with E-state index in [0.29, 0.717) is 12.5 Å². The lowest BCUT2D eigenvalue weighted by Gasteiger charge is -2.45. The Kier molecular flexibility index (Phi) is 5.41. The molecule has 0 heterocycles. The van der Waals surface area contributed by atoms with E-state index in [1.165, 1.54) is 0 Å². The minimum atomic E-state index is -0.629. The molecule has 1 aliphatic carbocycles. The molecule has 0 bridgehead atoms. The Balaban J connectivity index is 2.59. The SMILES string of the molecule is CCOC(=O)[C@]1(c2ccccc2)C[C@H](CC)C=C[C@@H]1N(C)C. The minimum Gasteiger partial charge on any atom is -0.465 e. The summed E-state index contributed by atoms with van der Waals surface area (Å²) >= 11 is 0. The predicted molar refractivity (Wildman–Crippen MR) is 89.8 cm³/mol. The summed E-state index contributed by atoms with van der Waals surface area (Å²) in [6.07, 6.45) is 6.27. The van der Waals surface area contributed by atoms with E-state index in [1.54, 1.807) is 0 Å². The van der Waals surface area contributed by atoms with Gasteiger partial charge in [0.2, 0.25) is 0 Å². The van der Waals surface area contributed by atoms with Gasteiger partial charge in [-0.2, -0.15) is 0 Å². The molecule has 0 N–H and O–H groups in total. The van der Waals surface area contributed by atoms with Gasteiger partial charge in [-0.1, -0.05) is 49.4 Å². The number of benzene rings is 1. The topological polar surface area (TPSA) is 29.5 Å². The molecule has 0 amide bonds. The molecule has 0 radical (unpaired) electrons. The van der Waals surface area contributed by atoms with Crippen LogP contribution >= 0.6 is 0 Å². The van der Waals surface area contributed by atoms with E-state index < -0.39 is 5.41 Å². The van der Waals surface area contributed by atoms with Crippen molar-refractivity contribution >= 4 is 5.97 Å². The van der Waals surface area contributed by atoms with Crippen LogP contribution in [0.1, 0.15) is 32.3 Å². The Morgan fingerprint density at radius 1 is 1.23 bits per heavy atom. The van der Waals surface area contributed by atoms with Gasteiger partial charge in [-0.15, -0.1) is 0 Å². The number of allylic oxidation sites excluding steroid dienone is 1. The van der Waals surface area contributed by atoms with Crippen LogP contribution in [0, 0.1) is 5.92 Å².